The van der Waals surface area contributed by atoms with Crippen LogP contribution in [0, 0.1) is 12.7 Å². The fraction of sp³-hybridized carbons (Fsp3) is 0.167. The average molecular weight is 237 g/mol. The van der Waals surface area contributed by atoms with E-state index in [-0.39, 0.29) is 5.82 Å². The van der Waals surface area contributed by atoms with Gasteiger partial charge in [0.15, 0.2) is 5.82 Å². The summed E-state index contributed by atoms with van der Waals surface area (Å²) in [6.45, 7) is 1.88. The zero-order chi connectivity index (χ0) is 11.5. The lowest BCUT2D eigenvalue weighted by molar-refractivity contribution is 0.628. The third-order valence-corrected chi connectivity index (χ3v) is 2.42. The number of hydrogen-bond donors (Lipinski definition) is 0. The molecule has 0 saturated carbocycles. The minimum atomic E-state index is -0.269. The molecule has 2 nitrogen and oxygen atoms in total. The van der Waals surface area contributed by atoms with Crippen molar-refractivity contribution in [3.8, 4) is 11.4 Å². The van der Waals surface area contributed by atoms with Gasteiger partial charge >= 0.3 is 0 Å². The first-order valence-electron chi connectivity index (χ1n) is 4.85. The Kier molecular flexibility index (Phi) is 3.15. The highest BCUT2D eigenvalue weighted by molar-refractivity contribution is 6.16. The van der Waals surface area contributed by atoms with Crippen LogP contribution in [0.3, 0.4) is 0 Å². The lowest BCUT2D eigenvalue weighted by Crippen LogP contribution is -1.96. The van der Waals surface area contributed by atoms with Crippen molar-refractivity contribution in [1.29, 1.82) is 0 Å². The number of halogens is 2. The van der Waals surface area contributed by atoms with Crippen molar-refractivity contribution in [3.05, 3.63) is 47.5 Å². The molecule has 0 N–H and O–H groups in total. The van der Waals surface area contributed by atoms with Crippen LogP contribution < -0.4 is 0 Å². The molecule has 0 spiro atoms. The van der Waals surface area contributed by atoms with E-state index < -0.39 is 0 Å². The second-order valence-corrected chi connectivity index (χ2v) is 3.73. The quantitative estimate of drug-likeness (QED) is 0.748. The number of benzene rings is 1. The number of nitrogens with zero attached hydrogens (tertiary/aromatic N) is 2. The molecule has 1 heterocycles. The Bertz CT molecular complexity index is 497. The molecule has 4 heteroatoms. The molecule has 1 aromatic heterocycles. The van der Waals surface area contributed by atoms with Crippen LogP contribution in [0.5, 0.6) is 0 Å². The van der Waals surface area contributed by atoms with E-state index in [2.05, 4.69) is 9.97 Å². The van der Waals surface area contributed by atoms with Crippen molar-refractivity contribution in [2.75, 3.05) is 0 Å². The highest BCUT2D eigenvalue weighted by atomic mass is 35.5. The second kappa shape index (κ2) is 4.58. The Balaban J connectivity index is 2.47. The van der Waals surface area contributed by atoms with Crippen LogP contribution in [0.15, 0.2) is 30.3 Å². The summed E-state index contributed by atoms with van der Waals surface area (Å²) in [5, 5.41) is 0. The monoisotopic (exact) mass is 236 g/mol. The van der Waals surface area contributed by atoms with Gasteiger partial charge in [0.05, 0.1) is 11.6 Å². The summed E-state index contributed by atoms with van der Waals surface area (Å²) in [6.07, 6.45) is 0. The van der Waals surface area contributed by atoms with Crippen LogP contribution in [0.4, 0.5) is 4.39 Å². The number of aryl methyl sites for hydroxylation is 1. The number of aromatic nitrogens is 2. The topological polar surface area (TPSA) is 25.8 Å². The van der Waals surface area contributed by atoms with E-state index >= 15 is 0 Å². The molecule has 0 bridgehead atoms. The molecule has 2 rings (SSSR count). The molecule has 1 aromatic carbocycles. The Morgan fingerprint density at radius 2 is 1.88 bits per heavy atom. The van der Waals surface area contributed by atoms with Gasteiger partial charge in [-0.15, -0.1) is 11.6 Å². The zero-order valence-electron chi connectivity index (χ0n) is 8.74. The maximum absolute atomic E-state index is 12.8. The van der Waals surface area contributed by atoms with Crippen LogP contribution in [-0.2, 0) is 5.88 Å². The number of alkyl halides is 1. The molecular formula is C12H10ClFN2. The normalized spacial score (nSPS) is 10.4. The molecule has 0 fully saturated rings. The first kappa shape index (κ1) is 11.0. The highest BCUT2D eigenvalue weighted by Gasteiger charge is 2.04. The molecule has 0 saturated heterocycles. The zero-order valence-corrected chi connectivity index (χ0v) is 9.50. The standard InChI is InChI=1S/C12H10ClFN2/c1-8-6-11(7-13)16-12(15-8)9-2-4-10(14)5-3-9/h2-6H,7H2,1H3. The summed E-state index contributed by atoms with van der Waals surface area (Å²) in [4.78, 5) is 8.58. The van der Waals surface area contributed by atoms with Gasteiger partial charge in [0.1, 0.15) is 5.82 Å². The van der Waals surface area contributed by atoms with Crippen molar-refractivity contribution in [3.63, 3.8) is 0 Å². The summed E-state index contributed by atoms with van der Waals surface area (Å²) in [6, 6.07) is 7.92. The summed E-state index contributed by atoms with van der Waals surface area (Å²) in [5.41, 5.74) is 2.41. The van der Waals surface area contributed by atoms with Crippen molar-refractivity contribution < 1.29 is 4.39 Å². The molecule has 0 radical (unpaired) electrons. The van der Waals surface area contributed by atoms with Crippen molar-refractivity contribution in [2.24, 2.45) is 0 Å². The molecule has 0 aliphatic rings. The third-order valence-electron chi connectivity index (χ3n) is 2.15. The fourth-order valence-corrected chi connectivity index (χ4v) is 1.57. The predicted octanol–water partition coefficient (Wildman–Crippen LogP) is 3.33. The Hall–Kier alpha value is -1.48. The summed E-state index contributed by atoms with van der Waals surface area (Å²) < 4.78 is 12.8. The number of rotatable bonds is 2. The first-order valence-corrected chi connectivity index (χ1v) is 5.39. The SMILES string of the molecule is Cc1cc(CCl)nc(-c2ccc(F)cc2)n1. The Morgan fingerprint density at radius 3 is 2.50 bits per heavy atom. The fourth-order valence-electron chi connectivity index (χ4n) is 1.43. The minimum Gasteiger partial charge on any atom is -0.233 e. The molecule has 16 heavy (non-hydrogen) atoms. The molecule has 0 aliphatic carbocycles. The molecule has 0 aliphatic heterocycles. The molecule has 0 atom stereocenters. The van der Waals surface area contributed by atoms with Gasteiger partial charge in [-0.05, 0) is 37.3 Å². The van der Waals surface area contributed by atoms with Crippen LogP contribution in [0.1, 0.15) is 11.4 Å². The van der Waals surface area contributed by atoms with E-state index in [1.54, 1.807) is 12.1 Å². The van der Waals surface area contributed by atoms with Gasteiger partial charge in [-0.25, -0.2) is 14.4 Å². The van der Waals surface area contributed by atoms with E-state index in [0.29, 0.717) is 11.7 Å². The summed E-state index contributed by atoms with van der Waals surface area (Å²) in [7, 11) is 0. The molecule has 0 unspecified atom stereocenters. The molecule has 2 aromatic rings. The maximum atomic E-state index is 12.8. The Labute approximate surface area is 98.1 Å². The predicted molar refractivity (Wildman–Crippen MR) is 61.7 cm³/mol. The lowest BCUT2D eigenvalue weighted by atomic mass is 10.2. The second-order valence-electron chi connectivity index (χ2n) is 3.46. The van der Waals surface area contributed by atoms with E-state index in [1.807, 2.05) is 13.0 Å². The largest absolute Gasteiger partial charge is 0.233 e. The van der Waals surface area contributed by atoms with E-state index in [0.717, 1.165) is 17.0 Å². The smallest absolute Gasteiger partial charge is 0.159 e. The van der Waals surface area contributed by atoms with Gasteiger partial charge in [0.2, 0.25) is 0 Å². The highest BCUT2D eigenvalue weighted by Crippen LogP contribution is 2.17. The number of hydrogen-bond acceptors (Lipinski definition) is 2. The van der Waals surface area contributed by atoms with Gasteiger partial charge in [0.25, 0.3) is 0 Å². The van der Waals surface area contributed by atoms with Crippen LogP contribution in [0.25, 0.3) is 11.4 Å². The Morgan fingerprint density at radius 1 is 1.19 bits per heavy atom. The summed E-state index contributed by atoms with van der Waals surface area (Å²) in [5.74, 6) is 0.655. The molecule has 82 valence electrons. The van der Waals surface area contributed by atoms with Crippen LogP contribution >= 0.6 is 11.6 Å². The van der Waals surface area contributed by atoms with Crippen molar-refractivity contribution in [1.82, 2.24) is 9.97 Å². The van der Waals surface area contributed by atoms with E-state index in [4.69, 9.17) is 11.6 Å². The van der Waals surface area contributed by atoms with E-state index in [1.165, 1.54) is 12.1 Å². The van der Waals surface area contributed by atoms with Crippen LogP contribution in [0.2, 0.25) is 0 Å². The van der Waals surface area contributed by atoms with Crippen LogP contribution in [-0.4, -0.2) is 9.97 Å². The molecule has 0 amide bonds. The average Bonchev–Trinajstić information content (AvgIpc) is 2.29. The van der Waals surface area contributed by atoms with Gasteiger partial charge < -0.3 is 0 Å². The maximum Gasteiger partial charge on any atom is 0.159 e. The van der Waals surface area contributed by atoms with E-state index in [9.17, 15) is 4.39 Å². The lowest BCUT2D eigenvalue weighted by Gasteiger charge is -2.03. The molecular weight excluding hydrogens is 227 g/mol. The minimum absolute atomic E-state index is 0.269. The van der Waals surface area contributed by atoms with Gasteiger partial charge in [-0.2, -0.15) is 0 Å². The van der Waals surface area contributed by atoms with Gasteiger partial charge in [-0.1, -0.05) is 0 Å². The van der Waals surface area contributed by atoms with Gasteiger partial charge in [-0.3, -0.25) is 0 Å². The summed E-state index contributed by atoms with van der Waals surface area (Å²) >= 11 is 5.73. The van der Waals surface area contributed by atoms with Crippen molar-refractivity contribution >= 4 is 11.6 Å². The first-order chi connectivity index (χ1) is 7.69. The van der Waals surface area contributed by atoms with Crippen molar-refractivity contribution in [2.45, 2.75) is 12.8 Å². The van der Waals surface area contributed by atoms with Gasteiger partial charge in [0, 0.05) is 11.3 Å². The third kappa shape index (κ3) is 2.36.